The largest absolute Gasteiger partial charge is 0.472 e. The minimum absolute atomic E-state index is 0.0639. The smallest absolute Gasteiger partial charge is 0.249 e. The summed E-state index contributed by atoms with van der Waals surface area (Å²) >= 11 is 3.96. The molecule has 0 N–H and O–H groups in total. The monoisotopic (exact) mass is 323 g/mol. The molecular formula is C12H10FN5O3S. The summed E-state index contributed by atoms with van der Waals surface area (Å²) in [6.45, 7) is -1.19. The summed E-state index contributed by atoms with van der Waals surface area (Å²) in [5.41, 5.74) is 8.69. The Labute approximate surface area is 129 Å². The van der Waals surface area contributed by atoms with E-state index < -0.39 is 12.8 Å². The van der Waals surface area contributed by atoms with Crippen molar-refractivity contribution in [3.05, 3.63) is 52.0 Å². The van der Waals surface area contributed by atoms with Gasteiger partial charge in [0.1, 0.15) is 12.4 Å². The van der Waals surface area contributed by atoms with Crippen LogP contribution in [0.2, 0.25) is 0 Å². The predicted molar refractivity (Wildman–Crippen MR) is 77.5 cm³/mol. The number of aromatic nitrogens is 2. The maximum Gasteiger partial charge on any atom is 0.249 e. The lowest BCUT2D eigenvalue weighted by Gasteiger charge is -2.12. The third-order valence-electron chi connectivity index (χ3n) is 2.62. The summed E-state index contributed by atoms with van der Waals surface area (Å²) in [4.78, 5) is 14.2. The number of hydrogen-bond acceptors (Lipinski definition) is 5. The molecule has 114 valence electrons. The van der Waals surface area contributed by atoms with Crippen molar-refractivity contribution >= 4 is 18.7 Å². The molecule has 8 nitrogen and oxygen atoms in total. The van der Waals surface area contributed by atoms with Crippen LogP contribution >= 0.6 is 12.8 Å². The molecule has 22 heavy (non-hydrogen) atoms. The Morgan fingerprint density at radius 1 is 1.45 bits per heavy atom. The van der Waals surface area contributed by atoms with E-state index in [4.69, 9.17) is 15.0 Å². The first kappa shape index (κ1) is 15.7. The highest BCUT2D eigenvalue weighted by Crippen LogP contribution is 2.25. The molecule has 0 radical (unpaired) electrons. The van der Waals surface area contributed by atoms with Crippen LogP contribution in [0.5, 0.6) is 11.6 Å². The molecule has 0 spiro atoms. The van der Waals surface area contributed by atoms with Crippen molar-refractivity contribution in [2.24, 2.45) is 5.11 Å². The van der Waals surface area contributed by atoms with E-state index in [2.05, 4.69) is 27.9 Å². The Bertz CT molecular complexity index is 729. The van der Waals surface area contributed by atoms with Gasteiger partial charge in [0.05, 0.1) is 0 Å². The quantitative estimate of drug-likeness (QED) is 0.382. The number of alkyl halides is 1. The van der Waals surface area contributed by atoms with Gasteiger partial charge in [-0.25, -0.2) is 8.48 Å². The second kappa shape index (κ2) is 7.34. The standard InChI is InChI=1S/C12H10FN5O3S/c13-7-21-10-3-1-2-8(12(19)15-17-14)9(10)6-20-11-4-5-18(22)16-11/h1-5,22H,6-7H2. The average molecular weight is 323 g/mol. The van der Waals surface area contributed by atoms with Crippen LogP contribution in [0.4, 0.5) is 4.39 Å². The van der Waals surface area contributed by atoms with Crippen molar-refractivity contribution in [1.29, 1.82) is 0 Å². The third kappa shape index (κ3) is 3.68. The Hall–Kier alpha value is -2.71. The first-order valence-electron chi connectivity index (χ1n) is 5.93. The summed E-state index contributed by atoms with van der Waals surface area (Å²) in [6, 6.07) is 5.94. The highest BCUT2D eigenvalue weighted by atomic mass is 32.1. The van der Waals surface area contributed by atoms with E-state index in [1.807, 2.05) is 0 Å². The zero-order chi connectivity index (χ0) is 15.9. The number of hydrogen-bond donors (Lipinski definition) is 1. The number of amides is 1. The van der Waals surface area contributed by atoms with Gasteiger partial charge < -0.3 is 9.47 Å². The van der Waals surface area contributed by atoms with E-state index in [-0.39, 0.29) is 29.4 Å². The summed E-state index contributed by atoms with van der Waals surface area (Å²) < 4.78 is 23.9. The molecule has 0 saturated carbocycles. The van der Waals surface area contributed by atoms with E-state index in [9.17, 15) is 9.18 Å². The van der Waals surface area contributed by atoms with Crippen molar-refractivity contribution in [3.8, 4) is 11.6 Å². The minimum Gasteiger partial charge on any atom is -0.472 e. The number of rotatable bonds is 6. The topological polar surface area (TPSA) is 102 Å². The molecule has 1 heterocycles. The van der Waals surface area contributed by atoms with E-state index >= 15 is 0 Å². The van der Waals surface area contributed by atoms with Gasteiger partial charge in [0.25, 0.3) is 0 Å². The van der Waals surface area contributed by atoms with Gasteiger partial charge in [0, 0.05) is 28.3 Å². The number of thiol groups is 1. The fourth-order valence-corrected chi connectivity index (χ4v) is 1.88. The van der Waals surface area contributed by atoms with Crippen LogP contribution < -0.4 is 9.47 Å². The summed E-state index contributed by atoms with van der Waals surface area (Å²) in [7, 11) is 0. The predicted octanol–water partition coefficient (Wildman–Crippen LogP) is 2.91. The molecule has 1 aromatic heterocycles. The summed E-state index contributed by atoms with van der Waals surface area (Å²) in [5.74, 6) is -0.441. The zero-order valence-corrected chi connectivity index (χ0v) is 12.0. The number of ether oxygens (including phenoxy) is 2. The van der Waals surface area contributed by atoms with Crippen molar-refractivity contribution in [2.45, 2.75) is 6.61 Å². The molecule has 2 rings (SSSR count). The maximum atomic E-state index is 12.5. The van der Waals surface area contributed by atoms with Crippen LogP contribution in [-0.2, 0) is 6.61 Å². The van der Waals surface area contributed by atoms with E-state index in [0.29, 0.717) is 0 Å². The number of nitrogens with zero attached hydrogens (tertiary/aromatic N) is 5. The number of carbonyl (C=O) groups is 1. The molecule has 0 unspecified atom stereocenters. The van der Waals surface area contributed by atoms with Crippen molar-refractivity contribution < 1.29 is 18.7 Å². The number of halogens is 1. The van der Waals surface area contributed by atoms with Crippen LogP contribution in [0.25, 0.3) is 10.4 Å². The van der Waals surface area contributed by atoms with E-state index in [0.717, 1.165) is 0 Å². The van der Waals surface area contributed by atoms with Gasteiger partial charge in [-0.3, -0.25) is 4.79 Å². The molecular weight excluding hydrogens is 313 g/mol. The summed E-state index contributed by atoms with van der Waals surface area (Å²) in [6.07, 6.45) is 1.55. The normalized spacial score (nSPS) is 9.91. The van der Waals surface area contributed by atoms with E-state index in [1.54, 1.807) is 12.3 Å². The van der Waals surface area contributed by atoms with Gasteiger partial charge in [-0.15, -0.1) is 5.10 Å². The molecule has 0 aliphatic carbocycles. The van der Waals surface area contributed by atoms with Crippen molar-refractivity contribution in [3.63, 3.8) is 0 Å². The fraction of sp³-hybridized carbons (Fsp3) is 0.167. The first-order chi connectivity index (χ1) is 10.7. The number of azide groups is 1. The lowest BCUT2D eigenvalue weighted by Crippen LogP contribution is -2.08. The maximum absolute atomic E-state index is 12.5. The summed E-state index contributed by atoms with van der Waals surface area (Å²) in [5, 5.41) is 6.91. The second-order valence-electron chi connectivity index (χ2n) is 3.89. The lowest BCUT2D eigenvalue weighted by molar-refractivity contribution is 0.0996. The van der Waals surface area contributed by atoms with Crippen molar-refractivity contribution in [2.75, 3.05) is 6.86 Å². The SMILES string of the molecule is [N-]=[N+]=NC(=O)c1cccc(OCF)c1COc1ccn(S)n1. The van der Waals surface area contributed by atoms with Gasteiger partial charge in [0.15, 0.2) is 0 Å². The molecule has 2 aromatic rings. The molecule has 0 atom stereocenters. The zero-order valence-electron chi connectivity index (χ0n) is 11.1. The van der Waals surface area contributed by atoms with Crippen LogP contribution in [0.15, 0.2) is 35.6 Å². The van der Waals surface area contributed by atoms with Crippen LogP contribution in [-0.4, -0.2) is 22.0 Å². The van der Waals surface area contributed by atoms with Crippen molar-refractivity contribution in [1.82, 2.24) is 9.19 Å². The van der Waals surface area contributed by atoms with Gasteiger partial charge in [-0.1, -0.05) is 12.1 Å². The van der Waals surface area contributed by atoms with Gasteiger partial charge in [-0.2, -0.15) is 0 Å². The average Bonchev–Trinajstić information content (AvgIpc) is 2.92. The minimum atomic E-state index is -1.07. The highest BCUT2D eigenvalue weighted by molar-refractivity contribution is 7.78. The van der Waals surface area contributed by atoms with Gasteiger partial charge in [-0.05, 0) is 29.5 Å². The molecule has 0 saturated heterocycles. The number of carbonyl (C=O) groups excluding carboxylic acids is 1. The highest BCUT2D eigenvalue weighted by Gasteiger charge is 2.16. The molecule has 10 heteroatoms. The van der Waals surface area contributed by atoms with Crippen LogP contribution in [0.3, 0.4) is 0 Å². The fourth-order valence-electron chi connectivity index (χ4n) is 1.72. The Balaban J connectivity index is 2.32. The van der Waals surface area contributed by atoms with Gasteiger partial charge >= 0.3 is 0 Å². The number of benzene rings is 1. The Morgan fingerprint density at radius 3 is 2.91 bits per heavy atom. The second-order valence-corrected chi connectivity index (χ2v) is 4.30. The first-order valence-corrected chi connectivity index (χ1v) is 6.33. The van der Waals surface area contributed by atoms with E-state index in [1.165, 1.54) is 22.3 Å². The molecule has 0 bridgehead atoms. The molecule has 0 aliphatic heterocycles. The molecule has 1 aromatic carbocycles. The van der Waals surface area contributed by atoms with Crippen LogP contribution in [0, 0.1) is 0 Å². The molecule has 1 amide bonds. The van der Waals surface area contributed by atoms with Crippen LogP contribution in [0.1, 0.15) is 15.9 Å². The van der Waals surface area contributed by atoms with Gasteiger partial charge in [0.2, 0.25) is 18.6 Å². The Kier molecular flexibility index (Phi) is 5.23. The Morgan fingerprint density at radius 2 is 2.27 bits per heavy atom. The third-order valence-corrected chi connectivity index (χ3v) is 2.85. The molecule has 0 fully saturated rings. The molecule has 0 aliphatic rings. The lowest BCUT2D eigenvalue weighted by atomic mass is 10.1.